The summed E-state index contributed by atoms with van der Waals surface area (Å²) in [4.78, 5) is 47.5. The van der Waals surface area contributed by atoms with Crippen molar-refractivity contribution in [3.05, 3.63) is 114 Å². The number of aryl methyl sites for hydroxylation is 1. The smallest absolute Gasteiger partial charge is 0.343 e. The lowest BCUT2D eigenvalue weighted by molar-refractivity contribution is -0.144. The van der Waals surface area contributed by atoms with Crippen LogP contribution in [0.1, 0.15) is 31.8 Å². The maximum absolute atomic E-state index is 12.5. The lowest BCUT2D eigenvalue weighted by atomic mass is 10.1. The van der Waals surface area contributed by atoms with Crippen LogP contribution < -0.4 is 14.2 Å². The molecule has 0 saturated heterocycles. The van der Waals surface area contributed by atoms with E-state index in [0.29, 0.717) is 22.6 Å². The highest BCUT2D eigenvalue weighted by molar-refractivity contribution is 5.93. The lowest BCUT2D eigenvalue weighted by Crippen LogP contribution is -2.11. The Bertz CT molecular complexity index is 1320. The van der Waals surface area contributed by atoms with Gasteiger partial charge in [-0.25, -0.2) is 14.4 Å². The molecule has 0 aliphatic heterocycles. The molecule has 8 heteroatoms. The minimum atomic E-state index is -0.608. The molecular formula is C29H24O8. The molecule has 0 unspecified atom stereocenters. The van der Waals surface area contributed by atoms with E-state index in [1.165, 1.54) is 42.5 Å². The van der Waals surface area contributed by atoms with Gasteiger partial charge in [-0.3, -0.25) is 4.79 Å². The topological polar surface area (TPSA) is 105 Å². The molecule has 188 valence electrons. The van der Waals surface area contributed by atoms with Crippen molar-refractivity contribution < 1.29 is 38.1 Å². The van der Waals surface area contributed by atoms with Crippen LogP contribution in [0.25, 0.3) is 0 Å². The van der Waals surface area contributed by atoms with E-state index >= 15 is 0 Å². The number of esters is 3. The molecule has 0 bridgehead atoms. The summed E-state index contributed by atoms with van der Waals surface area (Å²) in [6.07, 6.45) is 2.49. The lowest BCUT2D eigenvalue weighted by Gasteiger charge is -2.10. The molecule has 0 amide bonds. The van der Waals surface area contributed by atoms with Crippen molar-refractivity contribution >= 4 is 23.7 Å². The Balaban J connectivity index is 1.56. The highest BCUT2D eigenvalue weighted by Crippen LogP contribution is 2.25. The Morgan fingerprint density at radius 3 is 1.95 bits per heavy atom. The number of hydrogen-bond acceptors (Lipinski definition) is 8. The van der Waals surface area contributed by atoms with Gasteiger partial charge in [0.15, 0.2) is 5.78 Å². The first-order chi connectivity index (χ1) is 17.8. The molecule has 0 N–H and O–H groups in total. The van der Waals surface area contributed by atoms with Gasteiger partial charge in [-0.1, -0.05) is 25.3 Å². The third-order valence-electron chi connectivity index (χ3n) is 5.04. The van der Waals surface area contributed by atoms with Gasteiger partial charge in [0.1, 0.15) is 17.2 Å². The van der Waals surface area contributed by atoms with Gasteiger partial charge in [-0.05, 0) is 78.7 Å². The fraction of sp³-hybridized carbons (Fsp3) is 0.103. The molecule has 37 heavy (non-hydrogen) atoms. The molecule has 0 atom stereocenters. The predicted octanol–water partition coefficient (Wildman–Crippen LogP) is 4.80. The Kier molecular flexibility index (Phi) is 9.10. The molecular weight excluding hydrogens is 476 g/mol. The molecule has 3 aromatic carbocycles. The van der Waals surface area contributed by atoms with Crippen LogP contribution in [0.3, 0.4) is 0 Å². The van der Waals surface area contributed by atoms with Gasteiger partial charge in [-0.2, -0.15) is 0 Å². The second-order valence-corrected chi connectivity index (χ2v) is 7.70. The van der Waals surface area contributed by atoms with Crippen LogP contribution in [0.15, 0.2) is 92.0 Å². The maximum atomic E-state index is 12.5. The zero-order valence-electron chi connectivity index (χ0n) is 20.1. The van der Waals surface area contributed by atoms with Gasteiger partial charge in [0.2, 0.25) is 6.79 Å². The van der Waals surface area contributed by atoms with E-state index in [-0.39, 0.29) is 30.3 Å². The van der Waals surface area contributed by atoms with E-state index in [0.717, 1.165) is 11.6 Å². The van der Waals surface area contributed by atoms with Crippen LogP contribution in [0.2, 0.25) is 0 Å². The molecule has 0 heterocycles. The zero-order valence-corrected chi connectivity index (χ0v) is 20.1. The van der Waals surface area contributed by atoms with Crippen molar-refractivity contribution in [2.45, 2.75) is 13.3 Å². The third-order valence-corrected chi connectivity index (χ3v) is 5.04. The van der Waals surface area contributed by atoms with E-state index < -0.39 is 17.9 Å². The van der Waals surface area contributed by atoms with Gasteiger partial charge in [0, 0.05) is 12.5 Å². The van der Waals surface area contributed by atoms with E-state index in [1.54, 1.807) is 37.3 Å². The van der Waals surface area contributed by atoms with Gasteiger partial charge >= 0.3 is 17.9 Å². The Morgan fingerprint density at radius 1 is 0.757 bits per heavy atom. The second kappa shape index (κ2) is 12.6. The number of ether oxygens (including phenoxy) is 4. The van der Waals surface area contributed by atoms with E-state index in [4.69, 9.17) is 18.9 Å². The number of ketones is 1. The van der Waals surface area contributed by atoms with Crippen LogP contribution in [0.4, 0.5) is 0 Å². The summed E-state index contributed by atoms with van der Waals surface area (Å²) in [6, 6.07) is 17.3. The number of carbonyl (C=O) groups excluding carboxylic acids is 4. The molecule has 0 radical (unpaired) electrons. The number of rotatable bonds is 11. The van der Waals surface area contributed by atoms with Crippen molar-refractivity contribution in [2.24, 2.45) is 0 Å². The molecule has 0 aromatic heterocycles. The molecule has 0 aliphatic carbocycles. The average Bonchev–Trinajstić information content (AvgIpc) is 2.90. The normalized spacial score (nSPS) is 10.1. The molecule has 8 nitrogen and oxygen atoms in total. The summed E-state index contributed by atoms with van der Waals surface area (Å²) in [5.74, 6) is -0.884. The van der Waals surface area contributed by atoms with E-state index in [9.17, 15) is 19.2 Å². The third kappa shape index (κ3) is 7.76. The number of benzene rings is 3. The quantitative estimate of drug-likeness (QED) is 0.160. The Hall–Kier alpha value is -4.98. The number of allylic oxidation sites excluding steroid dienone is 1. The standard InChI is InChI=1S/C29H24O8/c1-4-23(30)17-20-6-8-21(9-7-20)29(33)37-26-15-14-25(16-19(26)3)36-28(32)22-10-12-24(13-11-22)34-18-35-27(31)5-2/h4-16H,1-2,17-18H2,3H3. The van der Waals surface area contributed by atoms with Crippen molar-refractivity contribution in [3.63, 3.8) is 0 Å². The molecule has 0 saturated carbocycles. The van der Waals surface area contributed by atoms with E-state index in [1.807, 2.05) is 0 Å². The highest BCUT2D eigenvalue weighted by atomic mass is 16.7. The predicted molar refractivity (Wildman–Crippen MR) is 135 cm³/mol. The largest absolute Gasteiger partial charge is 0.457 e. The second-order valence-electron chi connectivity index (χ2n) is 7.70. The number of hydrogen-bond donors (Lipinski definition) is 0. The maximum Gasteiger partial charge on any atom is 0.343 e. The zero-order chi connectivity index (χ0) is 26.8. The summed E-state index contributed by atoms with van der Waals surface area (Å²) in [5, 5.41) is 0. The molecule has 0 spiro atoms. The van der Waals surface area contributed by atoms with Crippen molar-refractivity contribution in [2.75, 3.05) is 6.79 Å². The van der Waals surface area contributed by atoms with E-state index in [2.05, 4.69) is 13.2 Å². The molecule has 0 aliphatic rings. The summed E-state index contributed by atoms with van der Waals surface area (Å²) in [7, 11) is 0. The summed E-state index contributed by atoms with van der Waals surface area (Å²) >= 11 is 0. The minimum Gasteiger partial charge on any atom is -0.457 e. The number of carbonyl (C=O) groups is 4. The van der Waals surface area contributed by atoms with Crippen molar-refractivity contribution in [1.29, 1.82) is 0 Å². The van der Waals surface area contributed by atoms with Gasteiger partial charge in [-0.15, -0.1) is 0 Å². The fourth-order valence-corrected chi connectivity index (χ4v) is 3.06. The van der Waals surface area contributed by atoms with Crippen LogP contribution in [0, 0.1) is 6.92 Å². The van der Waals surface area contributed by atoms with Crippen LogP contribution >= 0.6 is 0 Å². The Morgan fingerprint density at radius 2 is 1.35 bits per heavy atom. The van der Waals surface area contributed by atoms with Crippen molar-refractivity contribution in [1.82, 2.24) is 0 Å². The molecule has 0 fully saturated rings. The first kappa shape index (κ1) is 26.6. The summed E-state index contributed by atoms with van der Waals surface area (Å²) < 4.78 is 20.9. The van der Waals surface area contributed by atoms with Crippen LogP contribution in [-0.2, 0) is 20.7 Å². The van der Waals surface area contributed by atoms with Crippen LogP contribution in [0.5, 0.6) is 17.2 Å². The fourth-order valence-electron chi connectivity index (χ4n) is 3.06. The monoisotopic (exact) mass is 500 g/mol. The van der Waals surface area contributed by atoms with Gasteiger partial charge in [0.05, 0.1) is 11.1 Å². The minimum absolute atomic E-state index is 0.110. The average molecular weight is 501 g/mol. The van der Waals surface area contributed by atoms with Gasteiger partial charge in [0.25, 0.3) is 0 Å². The molecule has 3 aromatic rings. The first-order valence-electron chi connectivity index (χ1n) is 11.1. The first-order valence-corrected chi connectivity index (χ1v) is 11.1. The van der Waals surface area contributed by atoms with Gasteiger partial charge < -0.3 is 18.9 Å². The van der Waals surface area contributed by atoms with Crippen LogP contribution in [-0.4, -0.2) is 30.5 Å². The SMILES string of the molecule is C=CC(=O)Cc1ccc(C(=O)Oc2ccc(OC(=O)c3ccc(OCOC(=O)C=C)cc3)cc2C)cc1. The molecule has 3 rings (SSSR count). The summed E-state index contributed by atoms with van der Waals surface area (Å²) in [6.45, 7) is 8.16. The Labute approximate surface area is 213 Å². The highest BCUT2D eigenvalue weighted by Gasteiger charge is 2.14. The summed E-state index contributed by atoms with van der Waals surface area (Å²) in [5.41, 5.74) is 1.96. The van der Waals surface area contributed by atoms with Crippen molar-refractivity contribution in [3.8, 4) is 17.2 Å².